The molecule has 0 aliphatic carbocycles. The molecule has 1 aliphatic heterocycles. The number of halogens is 3. The number of benzene rings is 2. The highest BCUT2D eigenvalue weighted by molar-refractivity contribution is 9.11. The predicted molar refractivity (Wildman–Crippen MR) is 92.5 cm³/mol. The minimum Gasteiger partial charge on any atom is -0.493 e. The maximum atomic E-state index is 5.75. The summed E-state index contributed by atoms with van der Waals surface area (Å²) in [7, 11) is 0. The Balaban J connectivity index is 1.86. The molecule has 1 heterocycles. The van der Waals surface area contributed by atoms with Gasteiger partial charge in [-0.3, -0.25) is 0 Å². The minimum atomic E-state index is 0.725. The fraction of sp³-hybridized carbons (Fsp3) is 0.200. The fourth-order valence-electron chi connectivity index (χ4n) is 2.33. The van der Waals surface area contributed by atoms with Crippen molar-refractivity contribution in [1.82, 2.24) is 0 Å². The second-order valence-electron chi connectivity index (χ2n) is 4.60. The summed E-state index contributed by atoms with van der Waals surface area (Å²) in [5, 5.41) is 3.46. The molecule has 2 aromatic carbocycles. The van der Waals surface area contributed by atoms with E-state index in [1.54, 1.807) is 0 Å². The van der Waals surface area contributed by atoms with Crippen molar-refractivity contribution in [1.29, 1.82) is 0 Å². The SMILES string of the molecule is Brc1cc2c(c(CNc3c(Br)cccc3Br)c1)OCC2. The quantitative estimate of drug-likeness (QED) is 0.649. The molecule has 0 aromatic heterocycles. The first-order valence-corrected chi connectivity index (χ1v) is 8.65. The molecule has 1 aliphatic rings. The van der Waals surface area contributed by atoms with Crippen LogP contribution in [0.15, 0.2) is 43.7 Å². The van der Waals surface area contributed by atoms with Crippen LogP contribution >= 0.6 is 47.8 Å². The van der Waals surface area contributed by atoms with E-state index in [0.29, 0.717) is 0 Å². The van der Waals surface area contributed by atoms with Gasteiger partial charge in [-0.2, -0.15) is 0 Å². The Bertz CT molecular complexity index is 638. The van der Waals surface area contributed by atoms with E-state index in [0.717, 1.165) is 44.4 Å². The number of anilines is 1. The molecule has 20 heavy (non-hydrogen) atoms. The molecule has 0 fully saturated rings. The number of rotatable bonds is 3. The molecule has 1 N–H and O–H groups in total. The lowest BCUT2D eigenvalue weighted by Crippen LogP contribution is -2.03. The zero-order valence-corrected chi connectivity index (χ0v) is 15.3. The third-order valence-corrected chi connectivity index (χ3v) is 5.02. The molecule has 0 saturated heterocycles. The Morgan fingerprint density at radius 2 is 1.85 bits per heavy atom. The van der Waals surface area contributed by atoms with Crippen LogP contribution < -0.4 is 10.1 Å². The summed E-state index contributed by atoms with van der Waals surface area (Å²) in [5.74, 6) is 1.03. The minimum absolute atomic E-state index is 0.725. The van der Waals surface area contributed by atoms with Gasteiger partial charge in [-0.1, -0.05) is 22.0 Å². The molecule has 2 nitrogen and oxygen atoms in total. The average molecular weight is 462 g/mol. The van der Waals surface area contributed by atoms with Crippen molar-refractivity contribution in [2.24, 2.45) is 0 Å². The summed E-state index contributed by atoms with van der Waals surface area (Å²) < 4.78 is 8.93. The van der Waals surface area contributed by atoms with Gasteiger partial charge in [-0.05, 0) is 61.7 Å². The monoisotopic (exact) mass is 459 g/mol. The third-order valence-electron chi connectivity index (χ3n) is 3.24. The molecular formula is C15H12Br3NO. The number of nitrogens with one attached hydrogen (secondary N) is 1. The highest BCUT2D eigenvalue weighted by atomic mass is 79.9. The van der Waals surface area contributed by atoms with Crippen LogP contribution in [0.2, 0.25) is 0 Å². The van der Waals surface area contributed by atoms with Crippen LogP contribution in [0.5, 0.6) is 5.75 Å². The molecule has 0 saturated carbocycles. The van der Waals surface area contributed by atoms with Gasteiger partial charge in [0.05, 0.1) is 12.3 Å². The van der Waals surface area contributed by atoms with Gasteiger partial charge in [0.2, 0.25) is 0 Å². The Hall–Kier alpha value is -0.520. The first kappa shape index (κ1) is 14.4. The van der Waals surface area contributed by atoms with Gasteiger partial charge in [0.15, 0.2) is 0 Å². The van der Waals surface area contributed by atoms with E-state index < -0.39 is 0 Å². The van der Waals surface area contributed by atoms with Crippen molar-refractivity contribution >= 4 is 53.5 Å². The molecule has 0 amide bonds. The first-order valence-electron chi connectivity index (χ1n) is 6.27. The number of ether oxygens (including phenoxy) is 1. The van der Waals surface area contributed by atoms with E-state index in [2.05, 4.69) is 65.2 Å². The molecule has 2 aromatic rings. The molecule has 0 bridgehead atoms. The third kappa shape index (κ3) is 2.90. The lowest BCUT2D eigenvalue weighted by atomic mass is 10.1. The van der Waals surface area contributed by atoms with Crippen molar-refractivity contribution in [3.8, 4) is 5.75 Å². The van der Waals surface area contributed by atoms with Crippen molar-refractivity contribution in [2.45, 2.75) is 13.0 Å². The first-order chi connectivity index (χ1) is 9.65. The summed E-state index contributed by atoms with van der Waals surface area (Å²) in [6, 6.07) is 10.3. The summed E-state index contributed by atoms with van der Waals surface area (Å²) >= 11 is 10.7. The summed E-state index contributed by atoms with van der Waals surface area (Å²) in [6.45, 7) is 1.50. The second kappa shape index (κ2) is 6.08. The van der Waals surface area contributed by atoms with E-state index in [1.165, 1.54) is 11.1 Å². The zero-order chi connectivity index (χ0) is 14.1. The predicted octanol–water partition coefficient (Wildman–Crippen LogP) is 5.52. The summed E-state index contributed by atoms with van der Waals surface area (Å²) in [5.41, 5.74) is 3.51. The van der Waals surface area contributed by atoms with E-state index in [-0.39, 0.29) is 0 Å². The second-order valence-corrected chi connectivity index (χ2v) is 7.23. The van der Waals surface area contributed by atoms with E-state index in [9.17, 15) is 0 Å². The molecule has 0 atom stereocenters. The molecule has 0 radical (unpaired) electrons. The van der Waals surface area contributed by atoms with E-state index in [4.69, 9.17) is 4.74 Å². The maximum Gasteiger partial charge on any atom is 0.127 e. The highest BCUT2D eigenvalue weighted by Crippen LogP contribution is 2.35. The van der Waals surface area contributed by atoms with E-state index >= 15 is 0 Å². The van der Waals surface area contributed by atoms with Gasteiger partial charge in [0.1, 0.15) is 5.75 Å². The Kier molecular flexibility index (Phi) is 4.38. The average Bonchev–Trinajstić information content (AvgIpc) is 2.86. The largest absolute Gasteiger partial charge is 0.493 e. The summed E-state index contributed by atoms with van der Waals surface area (Å²) in [6.07, 6.45) is 0.987. The van der Waals surface area contributed by atoms with Crippen molar-refractivity contribution < 1.29 is 4.74 Å². The van der Waals surface area contributed by atoms with Gasteiger partial charge in [0, 0.05) is 31.9 Å². The maximum absolute atomic E-state index is 5.75. The Morgan fingerprint density at radius 1 is 1.10 bits per heavy atom. The van der Waals surface area contributed by atoms with Crippen molar-refractivity contribution in [3.63, 3.8) is 0 Å². The Morgan fingerprint density at radius 3 is 2.60 bits per heavy atom. The van der Waals surface area contributed by atoms with E-state index in [1.807, 2.05) is 18.2 Å². The van der Waals surface area contributed by atoms with Crippen LogP contribution in [-0.4, -0.2) is 6.61 Å². The van der Waals surface area contributed by atoms with Crippen LogP contribution in [-0.2, 0) is 13.0 Å². The number of hydrogen-bond donors (Lipinski definition) is 1. The molecule has 5 heteroatoms. The van der Waals surface area contributed by atoms with Crippen molar-refractivity contribution in [2.75, 3.05) is 11.9 Å². The molecule has 104 valence electrons. The summed E-state index contributed by atoms with van der Waals surface area (Å²) in [4.78, 5) is 0. The zero-order valence-electron chi connectivity index (χ0n) is 10.6. The van der Waals surface area contributed by atoms with Crippen LogP contribution in [0, 0.1) is 0 Å². The van der Waals surface area contributed by atoms with Crippen LogP contribution in [0.1, 0.15) is 11.1 Å². The van der Waals surface area contributed by atoms with Crippen molar-refractivity contribution in [3.05, 3.63) is 54.9 Å². The van der Waals surface area contributed by atoms with Crippen LogP contribution in [0.25, 0.3) is 0 Å². The topological polar surface area (TPSA) is 21.3 Å². The Labute approximate surface area is 143 Å². The lowest BCUT2D eigenvalue weighted by Gasteiger charge is -2.13. The van der Waals surface area contributed by atoms with Crippen LogP contribution in [0.3, 0.4) is 0 Å². The van der Waals surface area contributed by atoms with Gasteiger partial charge < -0.3 is 10.1 Å². The standard InChI is InChI=1S/C15H12Br3NO/c16-11-6-9-4-5-20-15(9)10(7-11)8-19-14-12(17)2-1-3-13(14)18/h1-3,6-7,19H,4-5,8H2. The van der Waals surface area contributed by atoms with Crippen LogP contribution in [0.4, 0.5) is 5.69 Å². The number of para-hydroxylation sites is 1. The molecule has 0 spiro atoms. The fourth-order valence-corrected chi connectivity index (χ4v) is 4.16. The highest BCUT2D eigenvalue weighted by Gasteiger charge is 2.17. The molecule has 3 rings (SSSR count). The number of hydrogen-bond acceptors (Lipinski definition) is 2. The van der Waals surface area contributed by atoms with Gasteiger partial charge >= 0.3 is 0 Å². The van der Waals surface area contributed by atoms with Gasteiger partial charge in [-0.15, -0.1) is 0 Å². The molecule has 0 unspecified atom stereocenters. The van der Waals surface area contributed by atoms with Gasteiger partial charge in [-0.25, -0.2) is 0 Å². The molecular weight excluding hydrogens is 450 g/mol. The van der Waals surface area contributed by atoms with Gasteiger partial charge in [0.25, 0.3) is 0 Å². The lowest BCUT2D eigenvalue weighted by molar-refractivity contribution is 0.354. The smallest absolute Gasteiger partial charge is 0.127 e. The normalized spacial score (nSPS) is 12.9. The number of fused-ring (bicyclic) bond motifs is 1.